The second-order valence-corrected chi connectivity index (χ2v) is 7.04. The van der Waals surface area contributed by atoms with Gasteiger partial charge in [0, 0.05) is 17.3 Å². The lowest BCUT2D eigenvalue weighted by Crippen LogP contribution is -2.51. The zero-order valence-electron chi connectivity index (χ0n) is 11.7. The highest BCUT2D eigenvalue weighted by atomic mass is 16.1. The molecule has 20 heavy (non-hydrogen) atoms. The minimum Gasteiger partial charge on any atom is -0.382 e. The molecule has 4 aliphatic rings. The smallest absolute Gasteiger partial charge is 0.248 e. The van der Waals surface area contributed by atoms with Gasteiger partial charge in [0.1, 0.15) is 0 Å². The summed E-state index contributed by atoms with van der Waals surface area (Å²) >= 11 is 0. The van der Waals surface area contributed by atoms with E-state index in [1.807, 2.05) is 24.3 Å². The number of rotatable bonds is 3. The van der Waals surface area contributed by atoms with E-state index >= 15 is 0 Å². The first-order valence-corrected chi connectivity index (χ1v) is 7.85. The van der Waals surface area contributed by atoms with Crippen LogP contribution in [0.15, 0.2) is 24.3 Å². The van der Waals surface area contributed by atoms with Crippen molar-refractivity contribution >= 4 is 11.6 Å². The van der Waals surface area contributed by atoms with Gasteiger partial charge in [0.25, 0.3) is 0 Å². The molecule has 0 saturated heterocycles. The lowest BCUT2D eigenvalue weighted by Gasteiger charge is -2.54. The standard InChI is InChI=1S/C17H22N2O/c18-17(20)12-1-3-15(4-2-12)19-16-13-6-10-5-11(8-13)9-14(16)7-10/h1-4,10-11,13-14,16,19H,5-9H2,(H2,18,20). The Bertz CT molecular complexity index is 494. The van der Waals surface area contributed by atoms with E-state index in [2.05, 4.69) is 5.32 Å². The Kier molecular flexibility index (Phi) is 2.76. The zero-order chi connectivity index (χ0) is 13.7. The van der Waals surface area contributed by atoms with Crippen LogP contribution in [-0.2, 0) is 0 Å². The molecular weight excluding hydrogens is 248 g/mol. The van der Waals surface area contributed by atoms with Crippen LogP contribution in [0.1, 0.15) is 42.5 Å². The Morgan fingerprint density at radius 2 is 1.50 bits per heavy atom. The van der Waals surface area contributed by atoms with Crippen molar-refractivity contribution in [1.82, 2.24) is 0 Å². The van der Waals surface area contributed by atoms with Crippen LogP contribution in [0.5, 0.6) is 0 Å². The number of hydrogen-bond donors (Lipinski definition) is 2. The van der Waals surface area contributed by atoms with Crippen LogP contribution in [0.2, 0.25) is 0 Å². The molecule has 0 aromatic heterocycles. The number of hydrogen-bond acceptors (Lipinski definition) is 2. The van der Waals surface area contributed by atoms with Crippen molar-refractivity contribution in [2.45, 2.75) is 38.1 Å². The molecule has 4 fully saturated rings. The number of carbonyl (C=O) groups excluding carboxylic acids is 1. The summed E-state index contributed by atoms with van der Waals surface area (Å²) in [6.45, 7) is 0. The van der Waals surface area contributed by atoms with Crippen molar-refractivity contribution in [1.29, 1.82) is 0 Å². The molecule has 0 spiro atoms. The van der Waals surface area contributed by atoms with Gasteiger partial charge >= 0.3 is 0 Å². The van der Waals surface area contributed by atoms with E-state index in [0.717, 1.165) is 29.4 Å². The van der Waals surface area contributed by atoms with Crippen LogP contribution < -0.4 is 11.1 Å². The number of nitrogens with two attached hydrogens (primary N) is 1. The Morgan fingerprint density at radius 1 is 0.950 bits per heavy atom. The molecule has 4 saturated carbocycles. The van der Waals surface area contributed by atoms with Crippen molar-refractivity contribution in [2.75, 3.05) is 5.32 Å². The molecule has 3 N–H and O–H groups in total. The molecule has 3 nitrogen and oxygen atoms in total. The maximum Gasteiger partial charge on any atom is 0.248 e. The third-order valence-electron chi connectivity index (χ3n) is 5.73. The molecule has 1 aromatic rings. The Balaban J connectivity index is 1.50. The molecular formula is C17H22N2O. The van der Waals surface area contributed by atoms with Crippen LogP contribution in [0.4, 0.5) is 5.69 Å². The maximum absolute atomic E-state index is 11.1. The summed E-state index contributed by atoms with van der Waals surface area (Å²) in [4.78, 5) is 11.1. The summed E-state index contributed by atoms with van der Waals surface area (Å²) in [5.41, 5.74) is 7.00. The first-order chi connectivity index (χ1) is 9.69. The van der Waals surface area contributed by atoms with Crippen molar-refractivity contribution < 1.29 is 4.79 Å². The molecule has 5 rings (SSSR count). The predicted octanol–water partition coefficient (Wildman–Crippen LogP) is 3.02. The molecule has 0 heterocycles. The molecule has 4 aliphatic carbocycles. The number of benzene rings is 1. The van der Waals surface area contributed by atoms with Gasteiger partial charge < -0.3 is 11.1 Å². The van der Waals surface area contributed by atoms with Crippen LogP contribution >= 0.6 is 0 Å². The summed E-state index contributed by atoms with van der Waals surface area (Å²) in [6.07, 6.45) is 7.18. The molecule has 1 aromatic carbocycles. The molecule has 0 aliphatic heterocycles. The number of carbonyl (C=O) groups is 1. The lowest BCUT2D eigenvalue weighted by molar-refractivity contribution is 0.00754. The fourth-order valence-corrected chi connectivity index (χ4v) is 5.08. The number of primary amides is 1. The number of nitrogens with one attached hydrogen (secondary N) is 1. The van der Waals surface area contributed by atoms with Gasteiger partial charge in [-0.3, -0.25) is 4.79 Å². The van der Waals surface area contributed by atoms with E-state index in [1.54, 1.807) is 0 Å². The normalized spacial score (nSPS) is 37.9. The quantitative estimate of drug-likeness (QED) is 0.887. The fourth-order valence-electron chi connectivity index (χ4n) is 5.08. The highest BCUT2D eigenvalue weighted by Crippen LogP contribution is 2.54. The van der Waals surface area contributed by atoms with Gasteiger partial charge in [-0.25, -0.2) is 0 Å². The summed E-state index contributed by atoms with van der Waals surface area (Å²) in [5.74, 6) is 3.39. The maximum atomic E-state index is 11.1. The summed E-state index contributed by atoms with van der Waals surface area (Å²) < 4.78 is 0. The second-order valence-electron chi connectivity index (χ2n) is 7.04. The minimum absolute atomic E-state index is 0.355. The second kappa shape index (κ2) is 4.51. The monoisotopic (exact) mass is 270 g/mol. The third-order valence-corrected chi connectivity index (χ3v) is 5.73. The average Bonchev–Trinajstić information content (AvgIpc) is 2.42. The Hall–Kier alpha value is -1.51. The number of anilines is 1. The molecule has 1 amide bonds. The van der Waals surface area contributed by atoms with Crippen LogP contribution in [0.3, 0.4) is 0 Å². The average molecular weight is 270 g/mol. The van der Waals surface area contributed by atoms with Crippen molar-refractivity contribution in [3.8, 4) is 0 Å². The van der Waals surface area contributed by atoms with Crippen LogP contribution in [-0.4, -0.2) is 11.9 Å². The van der Waals surface area contributed by atoms with Gasteiger partial charge in [-0.1, -0.05) is 0 Å². The molecule has 0 radical (unpaired) electrons. The van der Waals surface area contributed by atoms with E-state index in [0.29, 0.717) is 11.6 Å². The lowest BCUT2D eigenvalue weighted by atomic mass is 9.54. The van der Waals surface area contributed by atoms with Gasteiger partial charge in [-0.15, -0.1) is 0 Å². The van der Waals surface area contributed by atoms with E-state index in [1.165, 1.54) is 32.1 Å². The first-order valence-electron chi connectivity index (χ1n) is 7.85. The Morgan fingerprint density at radius 3 is 2.00 bits per heavy atom. The fraction of sp³-hybridized carbons (Fsp3) is 0.588. The van der Waals surface area contributed by atoms with E-state index in [9.17, 15) is 4.79 Å². The molecule has 4 bridgehead atoms. The van der Waals surface area contributed by atoms with Crippen molar-refractivity contribution in [3.05, 3.63) is 29.8 Å². The van der Waals surface area contributed by atoms with Crippen LogP contribution in [0.25, 0.3) is 0 Å². The van der Waals surface area contributed by atoms with Gasteiger partial charge in [0.15, 0.2) is 0 Å². The van der Waals surface area contributed by atoms with Crippen molar-refractivity contribution in [3.63, 3.8) is 0 Å². The van der Waals surface area contributed by atoms with Gasteiger partial charge in [0.2, 0.25) is 5.91 Å². The minimum atomic E-state index is -0.355. The van der Waals surface area contributed by atoms with E-state index in [-0.39, 0.29) is 5.91 Å². The topological polar surface area (TPSA) is 55.1 Å². The summed E-state index contributed by atoms with van der Waals surface area (Å²) in [6, 6.07) is 8.26. The summed E-state index contributed by atoms with van der Waals surface area (Å²) in [7, 11) is 0. The SMILES string of the molecule is NC(=O)c1ccc(NC2C3CC4CC(C3)CC2C4)cc1. The van der Waals surface area contributed by atoms with E-state index < -0.39 is 0 Å². The number of amides is 1. The highest BCUT2D eigenvalue weighted by Gasteiger charge is 2.48. The zero-order valence-corrected chi connectivity index (χ0v) is 11.7. The Labute approximate surface area is 119 Å². The molecule has 106 valence electrons. The van der Waals surface area contributed by atoms with Gasteiger partial charge in [0.05, 0.1) is 0 Å². The molecule has 0 atom stereocenters. The molecule has 0 unspecified atom stereocenters. The van der Waals surface area contributed by atoms with E-state index in [4.69, 9.17) is 5.73 Å². The van der Waals surface area contributed by atoms with Crippen LogP contribution in [0, 0.1) is 23.7 Å². The van der Waals surface area contributed by atoms with Gasteiger partial charge in [-0.2, -0.15) is 0 Å². The largest absolute Gasteiger partial charge is 0.382 e. The highest BCUT2D eigenvalue weighted by molar-refractivity contribution is 5.93. The third kappa shape index (κ3) is 2.00. The predicted molar refractivity (Wildman–Crippen MR) is 79.4 cm³/mol. The first kappa shape index (κ1) is 12.2. The molecule has 3 heteroatoms. The van der Waals surface area contributed by atoms with Crippen molar-refractivity contribution in [2.24, 2.45) is 29.4 Å². The summed E-state index contributed by atoms with van der Waals surface area (Å²) in [5, 5.41) is 3.74. The van der Waals surface area contributed by atoms with Gasteiger partial charge in [-0.05, 0) is 80.0 Å².